The maximum absolute atomic E-state index is 12.7. The highest BCUT2D eigenvalue weighted by atomic mass is 32.2. The van der Waals surface area contributed by atoms with Crippen molar-refractivity contribution in [3.63, 3.8) is 0 Å². The Morgan fingerprint density at radius 1 is 1.11 bits per heavy atom. The summed E-state index contributed by atoms with van der Waals surface area (Å²) in [6, 6.07) is 11.5. The Bertz CT molecular complexity index is 983. The quantitative estimate of drug-likeness (QED) is 0.790. The molecule has 2 rings (SSSR count). The van der Waals surface area contributed by atoms with E-state index in [2.05, 4.69) is 5.32 Å². The summed E-state index contributed by atoms with van der Waals surface area (Å²) >= 11 is 0. The summed E-state index contributed by atoms with van der Waals surface area (Å²) in [6.07, 6.45) is 1.08. The fourth-order valence-electron chi connectivity index (χ4n) is 2.74. The lowest BCUT2D eigenvalue weighted by Crippen LogP contribution is -2.44. The standard InChI is InChI=1S/C20H23NO5S/c1-13-10-16(27(4,25)26)11-17(14(13)2)18(22)21-12-20(3,19(23)24)15-8-6-5-7-9-15/h5-11H,12H2,1-4H3,(H,21,22)(H,23,24). The van der Waals surface area contributed by atoms with Crippen molar-refractivity contribution in [1.82, 2.24) is 5.32 Å². The van der Waals surface area contributed by atoms with Crippen LogP contribution in [0.5, 0.6) is 0 Å². The number of nitrogens with one attached hydrogen (secondary N) is 1. The minimum atomic E-state index is -3.47. The predicted octanol–water partition coefficient (Wildman–Crippen LogP) is 2.48. The van der Waals surface area contributed by atoms with Crippen LogP contribution in [0.3, 0.4) is 0 Å². The van der Waals surface area contributed by atoms with E-state index in [0.29, 0.717) is 16.7 Å². The fourth-order valence-corrected chi connectivity index (χ4v) is 3.46. The van der Waals surface area contributed by atoms with Gasteiger partial charge in [-0.1, -0.05) is 30.3 Å². The second-order valence-corrected chi connectivity index (χ2v) is 8.89. The molecule has 0 aliphatic rings. The SMILES string of the molecule is Cc1cc(S(C)(=O)=O)cc(C(=O)NCC(C)(C(=O)O)c2ccccc2)c1C. The normalized spacial score (nSPS) is 13.6. The number of amides is 1. The number of carbonyl (C=O) groups excluding carboxylic acids is 1. The predicted molar refractivity (Wildman–Crippen MR) is 103 cm³/mol. The zero-order valence-electron chi connectivity index (χ0n) is 15.7. The molecule has 0 aliphatic heterocycles. The molecule has 0 bridgehead atoms. The summed E-state index contributed by atoms with van der Waals surface area (Å²) in [5.74, 6) is -1.57. The smallest absolute Gasteiger partial charge is 0.315 e. The van der Waals surface area contributed by atoms with E-state index in [1.165, 1.54) is 19.1 Å². The lowest BCUT2D eigenvalue weighted by Gasteiger charge is -2.26. The third-order valence-corrected chi connectivity index (χ3v) is 5.89. The summed E-state index contributed by atoms with van der Waals surface area (Å²) in [5.41, 5.74) is 0.796. The van der Waals surface area contributed by atoms with E-state index in [4.69, 9.17) is 0 Å². The van der Waals surface area contributed by atoms with E-state index in [1.54, 1.807) is 44.2 Å². The summed E-state index contributed by atoms with van der Waals surface area (Å²) in [7, 11) is -3.47. The van der Waals surface area contributed by atoms with E-state index < -0.39 is 27.1 Å². The Morgan fingerprint density at radius 3 is 2.22 bits per heavy atom. The molecule has 0 spiro atoms. The van der Waals surface area contributed by atoms with Gasteiger partial charge in [0.15, 0.2) is 9.84 Å². The highest BCUT2D eigenvalue weighted by Gasteiger charge is 2.35. The lowest BCUT2D eigenvalue weighted by atomic mass is 9.82. The first-order chi connectivity index (χ1) is 12.5. The number of carboxylic acid groups (broad SMARTS) is 1. The van der Waals surface area contributed by atoms with E-state index in [-0.39, 0.29) is 17.0 Å². The summed E-state index contributed by atoms with van der Waals surface area (Å²) < 4.78 is 23.7. The van der Waals surface area contributed by atoms with Gasteiger partial charge in [-0.3, -0.25) is 9.59 Å². The van der Waals surface area contributed by atoms with Gasteiger partial charge >= 0.3 is 5.97 Å². The van der Waals surface area contributed by atoms with Crippen molar-refractivity contribution in [1.29, 1.82) is 0 Å². The number of hydrogen-bond acceptors (Lipinski definition) is 4. The minimum Gasteiger partial charge on any atom is -0.481 e. The number of rotatable bonds is 6. The molecule has 0 fully saturated rings. The largest absolute Gasteiger partial charge is 0.481 e. The van der Waals surface area contributed by atoms with Crippen molar-refractivity contribution in [2.45, 2.75) is 31.1 Å². The van der Waals surface area contributed by atoms with Crippen LogP contribution in [-0.2, 0) is 20.0 Å². The molecule has 2 aromatic carbocycles. The summed E-state index contributed by atoms with van der Waals surface area (Å²) in [6.45, 7) is 4.86. The van der Waals surface area contributed by atoms with Gasteiger partial charge in [-0.15, -0.1) is 0 Å². The molecular formula is C20H23NO5S. The average Bonchev–Trinajstić information content (AvgIpc) is 2.61. The number of carbonyl (C=O) groups is 2. The third-order valence-electron chi connectivity index (χ3n) is 4.80. The van der Waals surface area contributed by atoms with Crippen LogP contribution in [0.2, 0.25) is 0 Å². The molecule has 0 aromatic heterocycles. The van der Waals surface area contributed by atoms with Crippen LogP contribution in [-0.4, -0.2) is 38.2 Å². The topological polar surface area (TPSA) is 101 Å². The maximum atomic E-state index is 12.7. The number of carboxylic acids is 1. The van der Waals surface area contributed by atoms with Crippen LogP contribution in [0.15, 0.2) is 47.4 Å². The van der Waals surface area contributed by atoms with Crippen LogP contribution in [0.4, 0.5) is 0 Å². The fraction of sp³-hybridized carbons (Fsp3) is 0.300. The first kappa shape index (κ1) is 20.6. The van der Waals surface area contributed by atoms with Crippen molar-refractivity contribution >= 4 is 21.7 Å². The van der Waals surface area contributed by atoms with Crippen LogP contribution in [0.25, 0.3) is 0 Å². The van der Waals surface area contributed by atoms with Gasteiger partial charge in [-0.2, -0.15) is 0 Å². The molecule has 1 unspecified atom stereocenters. The maximum Gasteiger partial charge on any atom is 0.315 e. The van der Waals surface area contributed by atoms with Gasteiger partial charge in [-0.25, -0.2) is 8.42 Å². The molecule has 144 valence electrons. The lowest BCUT2D eigenvalue weighted by molar-refractivity contribution is -0.142. The van der Waals surface area contributed by atoms with Gasteiger partial charge in [0.1, 0.15) is 5.41 Å². The molecule has 0 heterocycles. The van der Waals surface area contributed by atoms with Crippen LogP contribution >= 0.6 is 0 Å². The molecule has 2 N–H and O–H groups in total. The van der Waals surface area contributed by atoms with Crippen molar-refractivity contribution < 1.29 is 23.1 Å². The first-order valence-electron chi connectivity index (χ1n) is 8.35. The van der Waals surface area contributed by atoms with Crippen molar-refractivity contribution in [3.8, 4) is 0 Å². The van der Waals surface area contributed by atoms with Gasteiger partial charge in [0.25, 0.3) is 5.91 Å². The molecule has 1 amide bonds. The number of sulfone groups is 1. The Kier molecular flexibility index (Phi) is 5.75. The summed E-state index contributed by atoms with van der Waals surface area (Å²) in [4.78, 5) is 24.6. The second kappa shape index (κ2) is 7.52. The van der Waals surface area contributed by atoms with Crippen molar-refractivity contribution in [2.75, 3.05) is 12.8 Å². The molecule has 0 saturated heterocycles. The zero-order chi connectivity index (χ0) is 20.4. The highest BCUT2D eigenvalue weighted by molar-refractivity contribution is 7.90. The average molecular weight is 389 g/mol. The number of aliphatic carboxylic acids is 1. The summed E-state index contributed by atoms with van der Waals surface area (Å²) in [5, 5.41) is 12.3. The highest BCUT2D eigenvalue weighted by Crippen LogP contribution is 2.24. The van der Waals surface area contributed by atoms with Crippen molar-refractivity contribution in [3.05, 3.63) is 64.7 Å². The van der Waals surface area contributed by atoms with Crippen LogP contribution in [0, 0.1) is 13.8 Å². The van der Waals surface area contributed by atoms with E-state index in [0.717, 1.165) is 6.26 Å². The molecule has 6 nitrogen and oxygen atoms in total. The van der Waals surface area contributed by atoms with E-state index in [9.17, 15) is 23.1 Å². The molecule has 0 saturated carbocycles. The van der Waals surface area contributed by atoms with Crippen LogP contribution in [0.1, 0.15) is 34.0 Å². The Morgan fingerprint density at radius 2 is 1.70 bits per heavy atom. The number of benzene rings is 2. The molecule has 2 aromatic rings. The molecule has 27 heavy (non-hydrogen) atoms. The Hall–Kier alpha value is -2.67. The third kappa shape index (κ3) is 4.36. The van der Waals surface area contributed by atoms with Crippen molar-refractivity contribution in [2.24, 2.45) is 0 Å². The van der Waals surface area contributed by atoms with Gasteiger partial charge < -0.3 is 10.4 Å². The van der Waals surface area contributed by atoms with Gasteiger partial charge in [0.2, 0.25) is 0 Å². The minimum absolute atomic E-state index is 0.0554. The zero-order valence-corrected chi connectivity index (χ0v) is 16.6. The first-order valence-corrected chi connectivity index (χ1v) is 10.2. The monoisotopic (exact) mass is 389 g/mol. The van der Waals surface area contributed by atoms with Crippen LogP contribution < -0.4 is 5.32 Å². The Balaban J connectivity index is 2.35. The molecular weight excluding hydrogens is 366 g/mol. The number of aryl methyl sites for hydroxylation is 1. The molecule has 7 heteroatoms. The van der Waals surface area contributed by atoms with Gasteiger partial charge in [0, 0.05) is 18.4 Å². The number of hydrogen-bond donors (Lipinski definition) is 2. The second-order valence-electron chi connectivity index (χ2n) is 6.87. The van der Waals surface area contributed by atoms with Gasteiger partial charge in [-0.05, 0) is 49.6 Å². The van der Waals surface area contributed by atoms with Gasteiger partial charge in [0.05, 0.1) is 4.90 Å². The molecule has 0 radical (unpaired) electrons. The Labute approximate surface area is 159 Å². The van der Waals surface area contributed by atoms with E-state index >= 15 is 0 Å². The van der Waals surface area contributed by atoms with E-state index in [1.807, 2.05) is 0 Å². The molecule has 0 aliphatic carbocycles. The molecule has 1 atom stereocenters.